The van der Waals surface area contributed by atoms with Gasteiger partial charge in [-0.05, 0) is 82.1 Å². The monoisotopic (exact) mass is 566 g/mol. The molecule has 0 aliphatic rings. The number of hydrogen-bond acceptors (Lipinski definition) is 2. The smallest absolute Gasteiger partial charge is 0.127 e. The van der Waals surface area contributed by atoms with Crippen LogP contribution in [-0.4, -0.2) is 16.1 Å². The standard InChI is InChI=1S/C34H38S2Si2/c1-7-37(8-2,9-3)21-19-25-23-31-29-13-14-30-28(27(29)15-17-33(31)35-25)16-18-34-32(30)24-26(36-34)20-22-38(10-4,11-5)12-6/h13-18,23-24H,7-12H2,1-6H3. The summed E-state index contributed by atoms with van der Waals surface area (Å²) in [5.74, 6) is 7.23. The zero-order chi connectivity index (χ0) is 26.9. The van der Waals surface area contributed by atoms with Gasteiger partial charge in [-0.25, -0.2) is 0 Å². The first-order valence-corrected chi connectivity index (χ1v) is 21.2. The molecule has 2 heterocycles. The fourth-order valence-corrected chi connectivity index (χ4v) is 12.7. The molecule has 38 heavy (non-hydrogen) atoms. The van der Waals surface area contributed by atoms with E-state index in [9.17, 15) is 0 Å². The van der Waals surface area contributed by atoms with Crippen LogP contribution in [0.5, 0.6) is 0 Å². The second-order valence-electron chi connectivity index (χ2n) is 10.6. The highest BCUT2D eigenvalue weighted by Gasteiger charge is 2.25. The minimum absolute atomic E-state index is 1.21. The van der Waals surface area contributed by atoms with Gasteiger partial charge < -0.3 is 0 Å². The minimum Gasteiger partial charge on any atom is -0.127 e. The normalized spacial score (nSPS) is 12.2. The predicted molar refractivity (Wildman–Crippen MR) is 180 cm³/mol. The third-order valence-electron chi connectivity index (χ3n) is 9.15. The Bertz CT molecular complexity index is 1610. The molecule has 0 aliphatic heterocycles. The Morgan fingerprint density at radius 1 is 0.474 bits per heavy atom. The van der Waals surface area contributed by atoms with Crippen molar-refractivity contribution in [1.29, 1.82) is 0 Å². The average molecular weight is 567 g/mol. The molecule has 0 aliphatic carbocycles. The van der Waals surface area contributed by atoms with Crippen LogP contribution in [0.25, 0.3) is 41.7 Å². The van der Waals surface area contributed by atoms with Crippen LogP contribution in [0.2, 0.25) is 36.3 Å². The van der Waals surface area contributed by atoms with Crippen molar-refractivity contribution in [2.24, 2.45) is 0 Å². The van der Waals surface area contributed by atoms with Crippen LogP contribution in [0.15, 0.2) is 48.5 Å². The first-order chi connectivity index (χ1) is 18.4. The lowest BCUT2D eigenvalue weighted by Crippen LogP contribution is -2.29. The largest absolute Gasteiger partial charge is 0.138 e. The molecule has 0 unspecified atom stereocenters. The summed E-state index contributed by atoms with van der Waals surface area (Å²) in [7, 11) is -2.90. The van der Waals surface area contributed by atoms with Crippen molar-refractivity contribution in [3.05, 3.63) is 58.3 Å². The Morgan fingerprint density at radius 2 is 0.789 bits per heavy atom. The van der Waals surface area contributed by atoms with Crippen LogP contribution in [-0.2, 0) is 0 Å². The van der Waals surface area contributed by atoms with E-state index in [1.807, 2.05) is 22.7 Å². The topological polar surface area (TPSA) is 0 Å². The van der Waals surface area contributed by atoms with Crippen LogP contribution >= 0.6 is 22.7 Å². The van der Waals surface area contributed by atoms with Crippen LogP contribution in [0.1, 0.15) is 51.3 Å². The molecule has 2 aromatic heterocycles. The Kier molecular flexibility index (Phi) is 7.90. The predicted octanol–water partition coefficient (Wildman–Crippen LogP) is 11.2. The molecule has 0 amide bonds. The van der Waals surface area contributed by atoms with E-state index in [-0.39, 0.29) is 0 Å². The van der Waals surface area contributed by atoms with Gasteiger partial charge in [0.15, 0.2) is 0 Å². The summed E-state index contributed by atoms with van der Waals surface area (Å²) in [5.41, 5.74) is 7.56. The number of thiophene rings is 2. The van der Waals surface area contributed by atoms with E-state index in [0.717, 1.165) is 0 Å². The molecule has 0 radical (unpaired) electrons. The third kappa shape index (κ3) is 4.78. The van der Waals surface area contributed by atoms with Crippen LogP contribution in [0, 0.1) is 22.9 Å². The first kappa shape index (κ1) is 27.2. The van der Waals surface area contributed by atoms with Gasteiger partial charge in [-0.2, -0.15) is 0 Å². The van der Waals surface area contributed by atoms with Gasteiger partial charge in [0, 0.05) is 20.2 Å². The summed E-state index contributed by atoms with van der Waals surface area (Å²) in [6.07, 6.45) is 0. The van der Waals surface area contributed by atoms with E-state index in [4.69, 9.17) is 0 Å². The summed E-state index contributed by atoms with van der Waals surface area (Å²) in [6, 6.07) is 26.1. The van der Waals surface area contributed by atoms with Crippen LogP contribution in [0.3, 0.4) is 0 Å². The number of hydrogen-bond donors (Lipinski definition) is 0. The van der Waals surface area contributed by atoms with E-state index in [2.05, 4.69) is 113 Å². The first-order valence-electron chi connectivity index (χ1n) is 14.3. The zero-order valence-corrected chi connectivity index (χ0v) is 27.3. The maximum Gasteiger partial charge on any atom is 0.138 e. The Morgan fingerprint density at radius 3 is 1.13 bits per heavy atom. The lowest BCUT2D eigenvalue weighted by atomic mass is 9.98. The van der Waals surface area contributed by atoms with Crippen molar-refractivity contribution in [1.82, 2.24) is 0 Å². The van der Waals surface area contributed by atoms with E-state index >= 15 is 0 Å². The third-order valence-corrected chi connectivity index (χ3v) is 20.6. The Hall–Kier alpha value is -2.35. The summed E-state index contributed by atoms with van der Waals surface area (Å²) in [4.78, 5) is 2.42. The maximum absolute atomic E-state index is 3.78. The fraction of sp³-hybridized carbons (Fsp3) is 0.353. The highest BCUT2D eigenvalue weighted by atomic mass is 32.1. The average Bonchev–Trinajstić information content (AvgIpc) is 3.59. The summed E-state index contributed by atoms with van der Waals surface area (Å²) < 4.78 is 2.67. The maximum atomic E-state index is 3.78. The van der Waals surface area contributed by atoms with Gasteiger partial charge in [-0.3, -0.25) is 0 Å². The van der Waals surface area contributed by atoms with Gasteiger partial charge in [-0.15, -0.1) is 33.8 Å². The van der Waals surface area contributed by atoms with Gasteiger partial charge in [0.25, 0.3) is 0 Å². The Labute approximate surface area is 238 Å². The molecule has 5 aromatic rings. The Balaban J connectivity index is 1.60. The zero-order valence-electron chi connectivity index (χ0n) is 23.7. The van der Waals surface area contributed by atoms with Gasteiger partial charge in [0.1, 0.15) is 16.1 Å². The molecule has 5 rings (SSSR count). The van der Waals surface area contributed by atoms with Crippen molar-refractivity contribution in [2.45, 2.75) is 77.8 Å². The highest BCUT2D eigenvalue weighted by Crippen LogP contribution is 2.39. The molecule has 0 bridgehead atoms. The molecule has 0 fully saturated rings. The van der Waals surface area contributed by atoms with E-state index in [1.165, 1.54) is 87.7 Å². The summed E-state index contributed by atoms with van der Waals surface area (Å²) >= 11 is 3.69. The molecule has 0 spiro atoms. The summed E-state index contributed by atoms with van der Waals surface area (Å²) in [5, 5.41) is 8.02. The molecule has 0 saturated carbocycles. The quantitative estimate of drug-likeness (QED) is 0.109. The number of fused-ring (bicyclic) bond motifs is 7. The lowest BCUT2D eigenvalue weighted by Gasteiger charge is -2.19. The second kappa shape index (κ2) is 11.0. The molecule has 0 nitrogen and oxygen atoms in total. The minimum atomic E-state index is -1.45. The van der Waals surface area contributed by atoms with Crippen LogP contribution < -0.4 is 0 Å². The van der Waals surface area contributed by atoms with Gasteiger partial charge in [-0.1, -0.05) is 77.6 Å². The van der Waals surface area contributed by atoms with Crippen molar-refractivity contribution >= 4 is 80.5 Å². The number of rotatable bonds is 6. The van der Waals surface area contributed by atoms with E-state index in [1.54, 1.807) is 0 Å². The number of benzene rings is 3. The van der Waals surface area contributed by atoms with Crippen molar-refractivity contribution in [3.63, 3.8) is 0 Å². The van der Waals surface area contributed by atoms with Gasteiger partial charge in [0.05, 0.1) is 9.75 Å². The molecular weight excluding hydrogens is 529 g/mol. The molecule has 194 valence electrons. The second-order valence-corrected chi connectivity index (χ2v) is 22.6. The summed E-state index contributed by atoms with van der Waals surface area (Å²) in [6.45, 7) is 14.0. The molecule has 4 heteroatoms. The fourth-order valence-electron chi connectivity index (χ4n) is 5.80. The molecule has 0 atom stereocenters. The molecule has 0 N–H and O–H groups in total. The SMILES string of the molecule is CC[Si](C#Cc1cc2c(ccc3c2ccc2c4cc(C#C[Si](CC)(CC)CC)sc4ccc23)s1)(CC)CC. The molecule has 3 aromatic carbocycles. The van der Waals surface area contributed by atoms with Crippen molar-refractivity contribution in [3.8, 4) is 22.9 Å². The van der Waals surface area contributed by atoms with Gasteiger partial charge in [0.2, 0.25) is 0 Å². The molecule has 0 saturated heterocycles. The highest BCUT2D eigenvalue weighted by molar-refractivity contribution is 7.20. The van der Waals surface area contributed by atoms with Gasteiger partial charge >= 0.3 is 0 Å². The molecular formula is C34H38S2Si2. The van der Waals surface area contributed by atoms with Crippen molar-refractivity contribution < 1.29 is 0 Å². The van der Waals surface area contributed by atoms with E-state index in [0.29, 0.717) is 0 Å². The lowest BCUT2D eigenvalue weighted by molar-refractivity contribution is 1.20. The van der Waals surface area contributed by atoms with Crippen LogP contribution in [0.4, 0.5) is 0 Å². The van der Waals surface area contributed by atoms with E-state index < -0.39 is 16.1 Å². The van der Waals surface area contributed by atoms with Crippen molar-refractivity contribution in [2.75, 3.05) is 0 Å².